The van der Waals surface area contributed by atoms with Crippen LogP contribution in [0.3, 0.4) is 0 Å². The summed E-state index contributed by atoms with van der Waals surface area (Å²) in [6.07, 6.45) is 3.56. The van der Waals surface area contributed by atoms with Crippen LogP contribution in [0.1, 0.15) is 47.7 Å². The lowest BCUT2D eigenvalue weighted by Crippen LogP contribution is -2.32. The van der Waals surface area contributed by atoms with Gasteiger partial charge in [0.1, 0.15) is 0 Å². The number of aromatic nitrogens is 2. The molecule has 1 atom stereocenters. The number of H-pyrrole nitrogens is 2. The van der Waals surface area contributed by atoms with Crippen LogP contribution < -0.4 is 16.6 Å². The Hall–Kier alpha value is -2.63. The first-order valence-electron chi connectivity index (χ1n) is 8.24. The second-order valence-electron chi connectivity index (χ2n) is 6.22. The first-order chi connectivity index (χ1) is 11.5. The van der Waals surface area contributed by atoms with Crippen molar-refractivity contribution in [2.24, 2.45) is 0 Å². The molecule has 0 saturated carbocycles. The molecule has 3 N–H and O–H groups in total. The standard InChI is InChI=1S/C18H21N3O3/c1-11-13(17(23)21-18(24)19-11)9-10-16(22)20-15-8-4-6-12-5-2-3-7-14(12)15/h2-3,5,7,15H,4,6,8-10H2,1H3,(H,20,22)(H2,19,21,23,24)/t15-/m0/s1. The maximum absolute atomic E-state index is 12.3. The minimum absolute atomic E-state index is 0.0393. The number of hydrogen-bond donors (Lipinski definition) is 3. The summed E-state index contributed by atoms with van der Waals surface area (Å²) in [5, 5.41) is 3.07. The molecule has 6 nitrogen and oxygen atoms in total. The van der Waals surface area contributed by atoms with Crippen LogP contribution in [0.15, 0.2) is 33.9 Å². The van der Waals surface area contributed by atoms with Crippen LogP contribution in [-0.2, 0) is 17.6 Å². The van der Waals surface area contributed by atoms with Crippen LogP contribution in [0, 0.1) is 6.92 Å². The number of rotatable bonds is 4. The van der Waals surface area contributed by atoms with Crippen LogP contribution in [-0.4, -0.2) is 15.9 Å². The van der Waals surface area contributed by atoms with Gasteiger partial charge in [0.2, 0.25) is 5.91 Å². The Kier molecular flexibility index (Phi) is 4.64. The molecule has 0 fully saturated rings. The molecule has 0 unspecified atom stereocenters. The highest BCUT2D eigenvalue weighted by atomic mass is 16.2. The van der Waals surface area contributed by atoms with Crippen molar-refractivity contribution >= 4 is 5.91 Å². The fourth-order valence-corrected chi connectivity index (χ4v) is 3.34. The zero-order valence-electron chi connectivity index (χ0n) is 13.6. The van der Waals surface area contributed by atoms with Crippen molar-refractivity contribution in [3.63, 3.8) is 0 Å². The van der Waals surface area contributed by atoms with Gasteiger partial charge >= 0.3 is 5.69 Å². The van der Waals surface area contributed by atoms with Gasteiger partial charge in [-0.15, -0.1) is 0 Å². The van der Waals surface area contributed by atoms with Crippen LogP contribution in [0.5, 0.6) is 0 Å². The predicted molar refractivity (Wildman–Crippen MR) is 91.0 cm³/mol. The fraction of sp³-hybridized carbons (Fsp3) is 0.389. The monoisotopic (exact) mass is 327 g/mol. The van der Waals surface area contributed by atoms with Crippen LogP contribution in [0.2, 0.25) is 0 Å². The number of fused-ring (bicyclic) bond motifs is 1. The zero-order valence-corrected chi connectivity index (χ0v) is 13.6. The predicted octanol–water partition coefficient (Wildman–Crippen LogP) is 1.50. The highest BCUT2D eigenvalue weighted by Gasteiger charge is 2.21. The van der Waals surface area contributed by atoms with Crippen molar-refractivity contribution in [3.05, 3.63) is 67.5 Å². The van der Waals surface area contributed by atoms with Crippen LogP contribution in [0.4, 0.5) is 0 Å². The summed E-state index contributed by atoms with van der Waals surface area (Å²) in [5.74, 6) is -0.0818. The average molecular weight is 327 g/mol. The summed E-state index contributed by atoms with van der Waals surface area (Å²) in [6.45, 7) is 1.67. The number of carbonyl (C=O) groups is 1. The first kappa shape index (κ1) is 16.2. The zero-order chi connectivity index (χ0) is 17.1. The molecular formula is C18H21N3O3. The molecular weight excluding hydrogens is 306 g/mol. The van der Waals surface area contributed by atoms with Gasteiger partial charge in [-0.2, -0.15) is 0 Å². The van der Waals surface area contributed by atoms with E-state index in [9.17, 15) is 14.4 Å². The Bertz CT molecular complexity index is 866. The molecule has 2 aromatic rings. The van der Waals surface area contributed by atoms with Gasteiger partial charge in [0.05, 0.1) is 6.04 Å². The first-order valence-corrected chi connectivity index (χ1v) is 8.24. The Balaban J connectivity index is 1.65. The second kappa shape index (κ2) is 6.86. The van der Waals surface area contributed by atoms with Crippen molar-refractivity contribution in [1.82, 2.24) is 15.3 Å². The van der Waals surface area contributed by atoms with Gasteiger partial charge in [-0.3, -0.25) is 14.6 Å². The van der Waals surface area contributed by atoms with E-state index < -0.39 is 11.2 Å². The molecule has 6 heteroatoms. The molecule has 0 saturated heterocycles. The molecule has 0 spiro atoms. The quantitative estimate of drug-likeness (QED) is 0.794. The minimum atomic E-state index is -0.524. The molecule has 3 rings (SSSR count). The third kappa shape index (κ3) is 3.48. The highest BCUT2D eigenvalue weighted by molar-refractivity contribution is 5.76. The van der Waals surface area contributed by atoms with Crippen molar-refractivity contribution in [2.45, 2.75) is 45.1 Å². The van der Waals surface area contributed by atoms with E-state index in [1.54, 1.807) is 6.92 Å². The summed E-state index contributed by atoms with van der Waals surface area (Å²) in [6, 6.07) is 8.23. The van der Waals surface area contributed by atoms with E-state index in [0.29, 0.717) is 17.7 Å². The maximum Gasteiger partial charge on any atom is 0.325 e. The minimum Gasteiger partial charge on any atom is -0.349 e. The number of hydrogen-bond acceptors (Lipinski definition) is 3. The number of carbonyl (C=O) groups excluding carboxylic acids is 1. The van der Waals surface area contributed by atoms with Crippen molar-refractivity contribution in [2.75, 3.05) is 0 Å². The van der Waals surface area contributed by atoms with Crippen molar-refractivity contribution in [1.29, 1.82) is 0 Å². The smallest absolute Gasteiger partial charge is 0.325 e. The van der Waals surface area contributed by atoms with Gasteiger partial charge in [-0.1, -0.05) is 24.3 Å². The third-order valence-corrected chi connectivity index (χ3v) is 4.56. The lowest BCUT2D eigenvalue weighted by atomic mass is 9.87. The number of aryl methyl sites for hydroxylation is 2. The Labute approximate surface area is 139 Å². The molecule has 1 heterocycles. The molecule has 24 heavy (non-hydrogen) atoms. The van der Waals surface area contributed by atoms with Crippen LogP contribution >= 0.6 is 0 Å². The number of nitrogens with one attached hydrogen (secondary N) is 3. The lowest BCUT2D eigenvalue weighted by molar-refractivity contribution is -0.121. The number of aromatic amines is 2. The molecule has 0 radical (unpaired) electrons. The summed E-state index contributed by atoms with van der Waals surface area (Å²) in [5.41, 5.74) is 2.50. The third-order valence-electron chi connectivity index (χ3n) is 4.56. The molecule has 0 aliphatic heterocycles. The van der Waals surface area contributed by atoms with Gasteiger partial charge in [0, 0.05) is 17.7 Å². The van der Waals surface area contributed by atoms with Gasteiger partial charge in [0.15, 0.2) is 0 Å². The maximum atomic E-state index is 12.3. The lowest BCUT2D eigenvalue weighted by Gasteiger charge is -2.26. The summed E-state index contributed by atoms with van der Waals surface area (Å²) in [7, 11) is 0. The van der Waals surface area contributed by atoms with E-state index in [0.717, 1.165) is 19.3 Å². The second-order valence-corrected chi connectivity index (χ2v) is 6.22. The molecule has 1 aromatic heterocycles. The van der Waals surface area contributed by atoms with E-state index in [2.05, 4.69) is 27.4 Å². The Morgan fingerprint density at radius 1 is 1.25 bits per heavy atom. The SMILES string of the molecule is Cc1[nH]c(=O)[nH]c(=O)c1CCC(=O)N[C@H]1CCCc2ccccc21. The summed E-state index contributed by atoms with van der Waals surface area (Å²) in [4.78, 5) is 40.1. The largest absolute Gasteiger partial charge is 0.349 e. The Morgan fingerprint density at radius 3 is 2.83 bits per heavy atom. The van der Waals surface area contributed by atoms with Gasteiger partial charge in [0.25, 0.3) is 5.56 Å². The fourth-order valence-electron chi connectivity index (χ4n) is 3.34. The summed E-state index contributed by atoms with van der Waals surface area (Å²) >= 11 is 0. The topological polar surface area (TPSA) is 94.8 Å². The summed E-state index contributed by atoms with van der Waals surface area (Å²) < 4.78 is 0. The molecule has 126 valence electrons. The van der Waals surface area contributed by atoms with Gasteiger partial charge in [-0.25, -0.2) is 4.79 Å². The van der Waals surface area contributed by atoms with E-state index in [1.807, 2.05) is 12.1 Å². The number of benzene rings is 1. The Morgan fingerprint density at radius 2 is 2.04 bits per heavy atom. The van der Waals surface area contributed by atoms with E-state index in [4.69, 9.17) is 0 Å². The molecule has 1 amide bonds. The van der Waals surface area contributed by atoms with E-state index in [1.165, 1.54) is 11.1 Å². The van der Waals surface area contributed by atoms with E-state index in [-0.39, 0.29) is 18.4 Å². The van der Waals surface area contributed by atoms with E-state index >= 15 is 0 Å². The van der Waals surface area contributed by atoms with Crippen LogP contribution in [0.25, 0.3) is 0 Å². The molecule has 1 aliphatic carbocycles. The average Bonchev–Trinajstić information content (AvgIpc) is 2.54. The van der Waals surface area contributed by atoms with Crippen molar-refractivity contribution in [3.8, 4) is 0 Å². The normalized spacial score (nSPS) is 16.5. The molecule has 0 bridgehead atoms. The van der Waals surface area contributed by atoms with Gasteiger partial charge < -0.3 is 10.3 Å². The molecule has 1 aromatic carbocycles. The molecule has 1 aliphatic rings. The number of amides is 1. The van der Waals surface area contributed by atoms with Crippen molar-refractivity contribution < 1.29 is 4.79 Å². The highest BCUT2D eigenvalue weighted by Crippen LogP contribution is 2.29. The van der Waals surface area contributed by atoms with Gasteiger partial charge in [-0.05, 0) is 43.7 Å².